The average molecular weight is 316 g/mol. The fourth-order valence-electron chi connectivity index (χ4n) is 1.49. The lowest BCUT2D eigenvalue weighted by Crippen LogP contribution is -2.32. The third kappa shape index (κ3) is 4.42. The van der Waals surface area contributed by atoms with Crippen LogP contribution in [0.25, 0.3) is 0 Å². The number of rotatable bonds is 7. The van der Waals surface area contributed by atoms with Crippen molar-refractivity contribution >= 4 is 27.7 Å². The highest BCUT2D eigenvalue weighted by Gasteiger charge is 2.07. The van der Waals surface area contributed by atoms with E-state index in [9.17, 15) is 0 Å². The summed E-state index contributed by atoms with van der Waals surface area (Å²) in [6, 6.07) is 0.605. The molecule has 0 aromatic carbocycles. The zero-order chi connectivity index (χ0) is 13.5. The first kappa shape index (κ1) is 15.2. The minimum Gasteiger partial charge on any atom is -0.368 e. The fraction of sp³-hybridized carbons (Fsp3) is 0.667. The van der Waals surface area contributed by atoms with Crippen molar-refractivity contribution in [1.29, 1.82) is 0 Å². The maximum absolute atomic E-state index is 4.35. The van der Waals surface area contributed by atoms with Crippen LogP contribution in [0.3, 0.4) is 0 Å². The molecule has 0 saturated carbocycles. The standard InChI is InChI=1S/C12H22BrN5/c1-5-9(2)18(4)7-6-15-11-10(13)8-16-12(14-3)17-11/h8-9H,5-7H2,1-4H3,(H2,14,15,16,17). The van der Waals surface area contributed by atoms with Gasteiger partial charge in [0.2, 0.25) is 5.95 Å². The van der Waals surface area contributed by atoms with Gasteiger partial charge in [0, 0.05) is 32.4 Å². The third-order valence-electron chi connectivity index (χ3n) is 3.07. The zero-order valence-corrected chi connectivity index (χ0v) is 13.1. The van der Waals surface area contributed by atoms with E-state index in [4.69, 9.17) is 0 Å². The van der Waals surface area contributed by atoms with E-state index in [1.165, 1.54) is 0 Å². The fourth-order valence-corrected chi connectivity index (χ4v) is 1.83. The van der Waals surface area contributed by atoms with Gasteiger partial charge in [-0.05, 0) is 36.3 Å². The Kier molecular flexibility index (Phi) is 6.35. The number of aromatic nitrogens is 2. The Hall–Kier alpha value is -0.880. The molecule has 1 aromatic rings. The second-order valence-electron chi connectivity index (χ2n) is 4.30. The van der Waals surface area contributed by atoms with E-state index in [-0.39, 0.29) is 0 Å². The summed E-state index contributed by atoms with van der Waals surface area (Å²) in [6.07, 6.45) is 2.91. The Morgan fingerprint density at radius 2 is 2.22 bits per heavy atom. The summed E-state index contributed by atoms with van der Waals surface area (Å²) in [5, 5.41) is 6.25. The molecule has 5 nitrogen and oxygen atoms in total. The van der Waals surface area contributed by atoms with E-state index < -0.39 is 0 Å². The summed E-state index contributed by atoms with van der Waals surface area (Å²) in [5.74, 6) is 1.45. The summed E-state index contributed by atoms with van der Waals surface area (Å²) in [5.41, 5.74) is 0. The van der Waals surface area contributed by atoms with E-state index >= 15 is 0 Å². The van der Waals surface area contributed by atoms with Gasteiger partial charge in [0.15, 0.2) is 0 Å². The topological polar surface area (TPSA) is 53.1 Å². The van der Waals surface area contributed by atoms with Crippen molar-refractivity contribution in [3.63, 3.8) is 0 Å². The van der Waals surface area contributed by atoms with Crippen molar-refractivity contribution in [2.75, 3.05) is 37.8 Å². The summed E-state index contributed by atoms with van der Waals surface area (Å²) in [4.78, 5) is 10.8. The molecule has 1 atom stereocenters. The molecule has 2 N–H and O–H groups in total. The molecule has 0 aliphatic carbocycles. The lowest BCUT2D eigenvalue weighted by Gasteiger charge is -2.23. The molecule has 0 aliphatic heterocycles. The normalized spacial score (nSPS) is 12.6. The predicted molar refractivity (Wildman–Crippen MR) is 80.2 cm³/mol. The molecule has 0 fully saturated rings. The van der Waals surface area contributed by atoms with Gasteiger partial charge in [0.1, 0.15) is 5.82 Å². The smallest absolute Gasteiger partial charge is 0.224 e. The predicted octanol–water partition coefficient (Wildman–Crippen LogP) is 2.42. The minimum atomic E-state index is 0.605. The van der Waals surface area contributed by atoms with Crippen molar-refractivity contribution in [2.24, 2.45) is 0 Å². The maximum atomic E-state index is 4.35. The van der Waals surface area contributed by atoms with Crippen LogP contribution in [0.15, 0.2) is 10.7 Å². The number of nitrogens with one attached hydrogen (secondary N) is 2. The molecule has 1 heterocycles. The van der Waals surface area contributed by atoms with Crippen molar-refractivity contribution in [1.82, 2.24) is 14.9 Å². The van der Waals surface area contributed by atoms with Gasteiger partial charge in [-0.25, -0.2) is 4.98 Å². The number of nitrogens with zero attached hydrogens (tertiary/aromatic N) is 3. The molecule has 1 rings (SSSR count). The number of anilines is 2. The van der Waals surface area contributed by atoms with Gasteiger partial charge in [0.25, 0.3) is 0 Å². The molecule has 0 aliphatic rings. The van der Waals surface area contributed by atoms with Gasteiger partial charge in [-0.1, -0.05) is 6.92 Å². The number of halogens is 1. The Morgan fingerprint density at radius 1 is 1.50 bits per heavy atom. The second kappa shape index (κ2) is 7.53. The monoisotopic (exact) mass is 315 g/mol. The highest BCUT2D eigenvalue weighted by molar-refractivity contribution is 9.10. The van der Waals surface area contributed by atoms with Crippen LogP contribution in [0.5, 0.6) is 0 Å². The van der Waals surface area contributed by atoms with Crippen molar-refractivity contribution in [3.8, 4) is 0 Å². The van der Waals surface area contributed by atoms with Crippen LogP contribution < -0.4 is 10.6 Å². The van der Waals surface area contributed by atoms with Crippen LogP contribution in [0.2, 0.25) is 0 Å². The first-order valence-electron chi connectivity index (χ1n) is 6.22. The van der Waals surface area contributed by atoms with Crippen LogP contribution in [-0.4, -0.2) is 48.1 Å². The van der Waals surface area contributed by atoms with Gasteiger partial charge in [-0.2, -0.15) is 4.98 Å². The molecule has 0 radical (unpaired) electrons. The maximum Gasteiger partial charge on any atom is 0.224 e. The van der Waals surface area contributed by atoms with Crippen molar-refractivity contribution < 1.29 is 0 Å². The Labute approximate surface area is 118 Å². The molecule has 1 unspecified atom stereocenters. The lowest BCUT2D eigenvalue weighted by atomic mass is 10.2. The summed E-state index contributed by atoms with van der Waals surface area (Å²) in [7, 11) is 3.95. The quantitative estimate of drug-likeness (QED) is 0.809. The lowest BCUT2D eigenvalue weighted by molar-refractivity contribution is 0.261. The van der Waals surface area contributed by atoms with Gasteiger partial charge in [-0.15, -0.1) is 0 Å². The van der Waals surface area contributed by atoms with E-state index in [2.05, 4.69) is 62.3 Å². The van der Waals surface area contributed by atoms with Gasteiger partial charge >= 0.3 is 0 Å². The molecule has 0 spiro atoms. The molecular weight excluding hydrogens is 294 g/mol. The summed E-state index contributed by atoms with van der Waals surface area (Å²) < 4.78 is 0.882. The van der Waals surface area contributed by atoms with E-state index in [1.807, 2.05) is 7.05 Å². The van der Waals surface area contributed by atoms with Crippen LogP contribution >= 0.6 is 15.9 Å². The van der Waals surface area contributed by atoms with Gasteiger partial charge in [0.05, 0.1) is 4.47 Å². The van der Waals surface area contributed by atoms with E-state index in [1.54, 1.807) is 6.20 Å². The Bertz CT molecular complexity index is 371. The molecule has 18 heavy (non-hydrogen) atoms. The number of hydrogen-bond acceptors (Lipinski definition) is 5. The molecule has 6 heteroatoms. The number of likely N-dealkylation sites (N-methyl/N-ethyl adjacent to an activating group) is 1. The highest BCUT2D eigenvalue weighted by Crippen LogP contribution is 2.19. The molecule has 0 amide bonds. The Balaban J connectivity index is 2.48. The van der Waals surface area contributed by atoms with Crippen LogP contribution in [0.4, 0.5) is 11.8 Å². The molecular formula is C12H22BrN5. The highest BCUT2D eigenvalue weighted by atomic mass is 79.9. The van der Waals surface area contributed by atoms with E-state index in [0.29, 0.717) is 12.0 Å². The Morgan fingerprint density at radius 3 is 2.83 bits per heavy atom. The molecule has 1 aromatic heterocycles. The minimum absolute atomic E-state index is 0.605. The molecule has 102 valence electrons. The SMILES string of the molecule is CCC(C)N(C)CCNc1nc(NC)ncc1Br. The largest absolute Gasteiger partial charge is 0.368 e. The van der Waals surface area contributed by atoms with Crippen LogP contribution in [-0.2, 0) is 0 Å². The van der Waals surface area contributed by atoms with Gasteiger partial charge < -0.3 is 15.5 Å². The third-order valence-corrected chi connectivity index (χ3v) is 3.65. The number of hydrogen-bond donors (Lipinski definition) is 2. The van der Waals surface area contributed by atoms with Crippen molar-refractivity contribution in [3.05, 3.63) is 10.7 Å². The second-order valence-corrected chi connectivity index (χ2v) is 5.16. The van der Waals surface area contributed by atoms with Gasteiger partial charge in [-0.3, -0.25) is 0 Å². The average Bonchev–Trinajstić information content (AvgIpc) is 2.39. The summed E-state index contributed by atoms with van der Waals surface area (Å²) >= 11 is 3.44. The first-order chi connectivity index (χ1) is 8.58. The van der Waals surface area contributed by atoms with Crippen molar-refractivity contribution in [2.45, 2.75) is 26.3 Å². The molecule has 0 bridgehead atoms. The first-order valence-corrected chi connectivity index (χ1v) is 7.02. The van der Waals surface area contributed by atoms with Crippen LogP contribution in [0, 0.1) is 0 Å². The van der Waals surface area contributed by atoms with Crippen LogP contribution in [0.1, 0.15) is 20.3 Å². The van der Waals surface area contributed by atoms with E-state index in [0.717, 1.165) is 29.8 Å². The summed E-state index contributed by atoms with van der Waals surface area (Å²) in [6.45, 7) is 6.29. The zero-order valence-electron chi connectivity index (χ0n) is 11.5. The molecule has 0 saturated heterocycles.